The van der Waals surface area contributed by atoms with Gasteiger partial charge >= 0.3 is 0 Å². The van der Waals surface area contributed by atoms with Crippen LogP contribution in [0.3, 0.4) is 0 Å². The van der Waals surface area contributed by atoms with Gasteiger partial charge in [-0.15, -0.1) is 0 Å². The maximum Gasteiger partial charge on any atom is 0.260 e. The number of carbonyl (C=O) groups is 1. The molecule has 0 aliphatic carbocycles. The lowest BCUT2D eigenvalue weighted by Crippen LogP contribution is -2.42. The second kappa shape index (κ2) is 10.2. The topological polar surface area (TPSA) is 67.2 Å². The van der Waals surface area contributed by atoms with Crippen LogP contribution in [-0.2, 0) is 19.5 Å². The summed E-state index contributed by atoms with van der Waals surface area (Å²) in [6.45, 7) is 8.77. The number of nitrogens with one attached hydrogen (secondary N) is 1. The minimum Gasteiger partial charge on any atom is -0.348 e. The number of hydrogen-bond donors (Lipinski definition) is 1. The van der Waals surface area contributed by atoms with Crippen molar-refractivity contribution in [3.63, 3.8) is 0 Å². The van der Waals surface area contributed by atoms with E-state index in [1.807, 2.05) is 31.2 Å². The van der Waals surface area contributed by atoms with Crippen molar-refractivity contribution < 1.29 is 9.18 Å². The van der Waals surface area contributed by atoms with E-state index in [1.165, 1.54) is 17.0 Å². The average molecular weight is 497 g/mol. The molecule has 8 heteroatoms. The van der Waals surface area contributed by atoms with Crippen LogP contribution in [-0.4, -0.2) is 26.9 Å². The number of halogens is 2. The SMILES string of the molecule is CCn1c(NC(c2ccc(Cl)cc2)C(C)C)nc2c(c1=O)CN(C(=O)c1ccc(C)cc1F)CC2. The molecule has 1 N–H and O–H groups in total. The molecule has 4 rings (SSSR count). The Morgan fingerprint density at radius 1 is 1.20 bits per heavy atom. The van der Waals surface area contributed by atoms with E-state index in [-0.39, 0.29) is 29.6 Å². The van der Waals surface area contributed by atoms with Crippen LogP contribution in [0.4, 0.5) is 10.3 Å². The number of aromatic nitrogens is 2. The molecule has 184 valence electrons. The monoisotopic (exact) mass is 496 g/mol. The number of nitrogens with zero attached hydrogens (tertiary/aromatic N) is 3. The molecule has 0 saturated heterocycles. The zero-order chi connectivity index (χ0) is 25.3. The highest BCUT2D eigenvalue weighted by Crippen LogP contribution is 2.28. The molecule has 0 radical (unpaired) electrons. The first-order valence-corrected chi connectivity index (χ1v) is 12.3. The minimum absolute atomic E-state index is 0.0175. The van der Waals surface area contributed by atoms with Gasteiger partial charge in [0.05, 0.1) is 29.4 Å². The summed E-state index contributed by atoms with van der Waals surface area (Å²) < 4.78 is 16.0. The van der Waals surface area contributed by atoms with Gasteiger partial charge < -0.3 is 10.2 Å². The van der Waals surface area contributed by atoms with Gasteiger partial charge in [-0.3, -0.25) is 14.2 Å². The van der Waals surface area contributed by atoms with Gasteiger partial charge in [-0.1, -0.05) is 43.6 Å². The van der Waals surface area contributed by atoms with Crippen molar-refractivity contribution in [3.05, 3.63) is 91.6 Å². The van der Waals surface area contributed by atoms with Crippen molar-refractivity contribution in [2.24, 2.45) is 5.92 Å². The van der Waals surface area contributed by atoms with Crippen LogP contribution in [0.15, 0.2) is 47.3 Å². The van der Waals surface area contributed by atoms with Crippen molar-refractivity contribution >= 4 is 23.5 Å². The van der Waals surface area contributed by atoms with Gasteiger partial charge in [0.15, 0.2) is 0 Å². The predicted molar refractivity (Wildman–Crippen MR) is 136 cm³/mol. The molecule has 1 amide bonds. The smallest absolute Gasteiger partial charge is 0.260 e. The Bertz CT molecular complexity index is 1300. The van der Waals surface area contributed by atoms with Crippen LogP contribution < -0.4 is 10.9 Å². The standard InChI is InChI=1S/C27H30ClFN4O2/c1-5-33-26(35)21-15-32(25(34)20-11-6-17(4)14-22(20)29)13-12-23(21)30-27(33)31-24(16(2)3)18-7-9-19(28)10-8-18/h6-11,14,16,24H,5,12-13,15H2,1-4H3,(H,30,31). The number of rotatable bonds is 6. The van der Waals surface area contributed by atoms with E-state index in [1.54, 1.807) is 17.6 Å². The van der Waals surface area contributed by atoms with Crippen molar-refractivity contribution in [3.8, 4) is 0 Å². The zero-order valence-corrected chi connectivity index (χ0v) is 21.2. The van der Waals surface area contributed by atoms with Crippen molar-refractivity contribution in [1.29, 1.82) is 0 Å². The lowest BCUT2D eigenvalue weighted by molar-refractivity contribution is 0.0727. The third-order valence-electron chi connectivity index (χ3n) is 6.45. The Kier molecular flexibility index (Phi) is 7.26. The number of carbonyl (C=O) groups excluding carboxylic acids is 1. The van der Waals surface area contributed by atoms with E-state index in [0.29, 0.717) is 41.7 Å². The number of benzene rings is 2. The molecular weight excluding hydrogens is 467 g/mol. The molecule has 1 aliphatic heterocycles. The van der Waals surface area contributed by atoms with Crippen LogP contribution in [0.5, 0.6) is 0 Å². The summed E-state index contributed by atoms with van der Waals surface area (Å²) in [5.41, 5.74) is 2.79. The summed E-state index contributed by atoms with van der Waals surface area (Å²) >= 11 is 6.07. The zero-order valence-electron chi connectivity index (χ0n) is 20.4. The van der Waals surface area contributed by atoms with Gasteiger partial charge in [-0.2, -0.15) is 0 Å². The van der Waals surface area contributed by atoms with Crippen LogP contribution in [0.2, 0.25) is 5.02 Å². The first-order chi connectivity index (χ1) is 16.7. The molecule has 1 aromatic heterocycles. The third-order valence-corrected chi connectivity index (χ3v) is 6.71. The van der Waals surface area contributed by atoms with Crippen molar-refractivity contribution in [2.45, 2.75) is 53.2 Å². The largest absolute Gasteiger partial charge is 0.348 e. The summed E-state index contributed by atoms with van der Waals surface area (Å²) in [6.07, 6.45) is 0.427. The molecule has 1 atom stereocenters. The van der Waals surface area contributed by atoms with E-state index in [0.717, 1.165) is 11.1 Å². The van der Waals surface area contributed by atoms with Gasteiger partial charge in [0.2, 0.25) is 5.95 Å². The van der Waals surface area contributed by atoms with Gasteiger partial charge in [-0.25, -0.2) is 9.37 Å². The third kappa shape index (κ3) is 5.10. The van der Waals surface area contributed by atoms with Crippen LogP contribution in [0, 0.1) is 18.7 Å². The summed E-state index contributed by atoms with van der Waals surface area (Å²) in [5, 5.41) is 4.14. The maximum atomic E-state index is 14.4. The predicted octanol–water partition coefficient (Wildman–Crippen LogP) is 5.37. The highest BCUT2D eigenvalue weighted by Gasteiger charge is 2.29. The molecule has 0 saturated carbocycles. The fraction of sp³-hybridized carbons (Fsp3) is 0.370. The van der Waals surface area contributed by atoms with Gasteiger partial charge in [0.25, 0.3) is 11.5 Å². The lowest BCUT2D eigenvalue weighted by atomic mass is 9.96. The molecular formula is C27H30ClFN4O2. The van der Waals surface area contributed by atoms with Crippen LogP contribution >= 0.6 is 11.6 Å². The summed E-state index contributed by atoms with van der Waals surface area (Å²) in [6, 6.07) is 12.1. The quantitative estimate of drug-likeness (QED) is 0.498. The Morgan fingerprint density at radius 2 is 1.91 bits per heavy atom. The number of amides is 1. The Morgan fingerprint density at radius 3 is 2.54 bits per heavy atom. The lowest BCUT2D eigenvalue weighted by Gasteiger charge is -2.30. The fourth-order valence-corrected chi connectivity index (χ4v) is 4.63. The van der Waals surface area contributed by atoms with Crippen LogP contribution in [0.25, 0.3) is 0 Å². The van der Waals surface area contributed by atoms with E-state index < -0.39 is 11.7 Å². The number of anilines is 1. The van der Waals surface area contributed by atoms with E-state index in [4.69, 9.17) is 16.6 Å². The Hall–Kier alpha value is -3.19. The highest BCUT2D eigenvalue weighted by atomic mass is 35.5. The number of fused-ring (bicyclic) bond motifs is 1. The van der Waals surface area contributed by atoms with E-state index in [9.17, 15) is 14.0 Å². The van der Waals surface area contributed by atoms with Crippen LogP contribution in [0.1, 0.15) is 59.6 Å². The highest BCUT2D eigenvalue weighted by molar-refractivity contribution is 6.30. The molecule has 1 unspecified atom stereocenters. The van der Waals surface area contributed by atoms with Gasteiger partial charge in [-0.05, 0) is 55.2 Å². The molecule has 2 aromatic carbocycles. The molecule has 35 heavy (non-hydrogen) atoms. The summed E-state index contributed by atoms with van der Waals surface area (Å²) in [5.74, 6) is -0.229. The molecule has 1 aliphatic rings. The first kappa shape index (κ1) is 24.9. The maximum absolute atomic E-state index is 14.4. The average Bonchev–Trinajstić information content (AvgIpc) is 2.82. The molecule has 0 bridgehead atoms. The second-order valence-electron chi connectivity index (χ2n) is 9.29. The molecule has 2 heterocycles. The van der Waals surface area contributed by atoms with Crippen molar-refractivity contribution in [2.75, 3.05) is 11.9 Å². The van der Waals surface area contributed by atoms with E-state index >= 15 is 0 Å². The minimum atomic E-state index is -0.550. The molecule has 6 nitrogen and oxygen atoms in total. The van der Waals surface area contributed by atoms with E-state index in [2.05, 4.69) is 19.2 Å². The van der Waals surface area contributed by atoms with Gasteiger partial charge in [0, 0.05) is 24.5 Å². The van der Waals surface area contributed by atoms with Crippen molar-refractivity contribution in [1.82, 2.24) is 14.5 Å². The summed E-state index contributed by atoms with van der Waals surface area (Å²) in [4.78, 5) is 32.8. The van der Waals surface area contributed by atoms with Gasteiger partial charge in [0.1, 0.15) is 5.82 Å². The molecule has 0 fully saturated rings. The second-order valence-corrected chi connectivity index (χ2v) is 9.72. The molecule has 3 aromatic rings. The Balaban J connectivity index is 1.65. The number of aryl methyl sites for hydroxylation is 1. The fourth-order valence-electron chi connectivity index (χ4n) is 4.50. The number of hydrogen-bond acceptors (Lipinski definition) is 4. The Labute approximate surface area is 209 Å². The normalized spacial score (nSPS) is 14.1. The summed E-state index contributed by atoms with van der Waals surface area (Å²) in [7, 11) is 0. The first-order valence-electron chi connectivity index (χ1n) is 11.9. The molecule has 0 spiro atoms.